The summed E-state index contributed by atoms with van der Waals surface area (Å²) in [5.41, 5.74) is 0.571. The molecule has 0 radical (unpaired) electrons. The summed E-state index contributed by atoms with van der Waals surface area (Å²) in [6.07, 6.45) is 3.55. The third-order valence-electron chi connectivity index (χ3n) is 7.70. The van der Waals surface area contributed by atoms with Gasteiger partial charge in [-0.05, 0) is 74.1 Å². The van der Waals surface area contributed by atoms with Gasteiger partial charge in [0.1, 0.15) is 17.3 Å². The molecule has 0 spiro atoms. The van der Waals surface area contributed by atoms with Crippen LogP contribution in [0.5, 0.6) is 0 Å². The lowest BCUT2D eigenvalue weighted by Crippen LogP contribution is -2.55. The number of amides is 1. The van der Waals surface area contributed by atoms with Crippen LogP contribution in [0.25, 0.3) is 22.4 Å². The number of esters is 1. The van der Waals surface area contributed by atoms with Gasteiger partial charge in [-0.2, -0.15) is 0 Å². The standard InChI is InChI=1S/C31H29ClF3N3O3/c1-19(39)37(27-12-6-20(16-25(27)35)7-13-29(40)41-2)31(14-4-3-5-15-31)38-28-18-24(34)23(33)17-26(28)36-30(38)21-8-10-22(32)11-9-21/h6,8-12,16-18H,3-5,7,13-15H2,1-2H3. The molecule has 1 aliphatic rings. The normalized spacial score (nSPS) is 14.7. The largest absolute Gasteiger partial charge is 0.469 e. The average Bonchev–Trinajstić information content (AvgIpc) is 3.32. The fraction of sp³-hybridized carbons (Fsp3) is 0.323. The molecule has 1 saturated carbocycles. The summed E-state index contributed by atoms with van der Waals surface area (Å²) in [4.78, 5) is 31.2. The molecule has 0 unspecified atom stereocenters. The molecule has 0 N–H and O–H groups in total. The lowest BCUT2D eigenvalue weighted by molar-refractivity contribution is -0.140. The number of halogens is 4. The maximum atomic E-state index is 15.9. The van der Waals surface area contributed by atoms with Gasteiger partial charge in [0, 0.05) is 36.1 Å². The molecule has 1 aliphatic carbocycles. The summed E-state index contributed by atoms with van der Waals surface area (Å²) in [6.45, 7) is 1.36. The number of hydrogen-bond donors (Lipinski definition) is 0. The van der Waals surface area contributed by atoms with Gasteiger partial charge >= 0.3 is 5.97 Å². The van der Waals surface area contributed by atoms with Crippen LogP contribution in [0.3, 0.4) is 0 Å². The van der Waals surface area contributed by atoms with Gasteiger partial charge in [-0.1, -0.05) is 24.1 Å². The van der Waals surface area contributed by atoms with Crippen molar-refractivity contribution < 1.29 is 27.5 Å². The first-order chi connectivity index (χ1) is 19.6. The van der Waals surface area contributed by atoms with Crippen LogP contribution in [0.2, 0.25) is 5.02 Å². The fourth-order valence-corrected chi connectivity index (χ4v) is 6.00. The van der Waals surface area contributed by atoms with Gasteiger partial charge < -0.3 is 4.74 Å². The molecule has 41 heavy (non-hydrogen) atoms. The van der Waals surface area contributed by atoms with Crippen molar-refractivity contribution in [2.24, 2.45) is 0 Å². The molecular weight excluding hydrogens is 555 g/mol. The summed E-state index contributed by atoms with van der Waals surface area (Å²) in [5, 5.41) is 0.501. The van der Waals surface area contributed by atoms with E-state index in [-0.39, 0.29) is 29.6 Å². The molecule has 1 heterocycles. The summed E-state index contributed by atoms with van der Waals surface area (Å²) in [6, 6.07) is 13.5. The predicted octanol–water partition coefficient (Wildman–Crippen LogP) is 7.55. The first-order valence-electron chi connectivity index (χ1n) is 13.4. The Bertz CT molecular complexity index is 1610. The highest BCUT2D eigenvalue weighted by Crippen LogP contribution is 2.46. The number of carbonyl (C=O) groups is 2. The minimum absolute atomic E-state index is 0.0488. The van der Waals surface area contributed by atoms with Gasteiger partial charge in [0.2, 0.25) is 5.91 Å². The van der Waals surface area contributed by atoms with Crippen LogP contribution >= 0.6 is 11.6 Å². The van der Waals surface area contributed by atoms with Gasteiger partial charge in [-0.3, -0.25) is 19.1 Å². The van der Waals surface area contributed by atoms with Crippen molar-refractivity contribution >= 4 is 40.2 Å². The highest BCUT2D eigenvalue weighted by molar-refractivity contribution is 6.30. The second kappa shape index (κ2) is 11.6. The second-order valence-corrected chi connectivity index (χ2v) is 10.7. The lowest BCUT2D eigenvalue weighted by atomic mass is 9.85. The van der Waals surface area contributed by atoms with Crippen LogP contribution in [-0.2, 0) is 26.4 Å². The maximum absolute atomic E-state index is 15.9. The number of benzene rings is 3. The number of aryl methyl sites for hydroxylation is 1. The molecule has 0 bridgehead atoms. The van der Waals surface area contributed by atoms with Crippen LogP contribution in [-0.4, -0.2) is 28.5 Å². The quantitative estimate of drug-likeness (QED) is 0.211. The first kappa shape index (κ1) is 28.7. The molecule has 6 nitrogen and oxygen atoms in total. The van der Waals surface area contributed by atoms with Gasteiger partial charge in [0.05, 0.1) is 23.8 Å². The number of ether oxygens (including phenoxy) is 1. The Labute approximate surface area is 240 Å². The number of aromatic nitrogens is 2. The van der Waals surface area contributed by atoms with E-state index in [1.54, 1.807) is 34.9 Å². The Hall–Kier alpha value is -3.85. The second-order valence-electron chi connectivity index (χ2n) is 10.3. The Morgan fingerprint density at radius 1 is 0.976 bits per heavy atom. The van der Waals surface area contributed by atoms with Crippen molar-refractivity contribution in [3.05, 3.63) is 82.6 Å². The average molecular weight is 584 g/mol. The van der Waals surface area contributed by atoms with Crippen LogP contribution in [0.1, 0.15) is 51.0 Å². The van der Waals surface area contributed by atoms with E-state index < -0.39 is 35.0 Å². The maximum Gasteiger partial charge on any atom is 0.305 e. The number of anilines is 1. The molecule has 4 aromatic rings. The van der Waals surface area contributed by atoms with E-state index in [4.69, 9.17) is 16.6 Å². The number of fused-ring (bicyclic) bond motifs is 1. The number of rotatable bonds is 7. The molecule has 1 amide bonds. The molecule has 214 valence electrons. The SMILES string of the molecule is COC(=O)CCc1ccc(N(C(C)=O)C2(n3c(-c4ccc(Cl)cc4)nc4cc(F)c(F)cc43)CCCCC2)c(F)c1. The van der Waals surface area contributed by atoms with Crippen molar-refractivity contribution in [2.45, 2.75) is 57.5 Å². The third-order valence-corrected chi connectivity index (χ3v) is 7.95. The molecule has 1 aromatic heterocycles. The topological polar surface area (TPSA) is 64.4 Å². The minimum atomic E-state index is -1.17. The number of nitrogens with zero attached hydrogens (tertiary/aromatic N) is 3. The Kier molecular flexibility index (Phi) is 8.09. The van der Waals surface area contributed by atoms with Crippen molar-refractivity contribution in [3.8, 4) is 11.4 Å². The summed E-state index contributed by atoms with van der Waals surface area (Å²) < 4.78 is 51.4. The van der Waals surface area contributed by atoms with E-state index in [9.17, 15) is 18.4 Å². The number of imidazole rings is 1. The summed E-state index contributed by atoms with van der Waals surface area (Å²) in [5.74, 6) is -3.18. The zero-order valence-electron chi connectivity index (χ0n) is 22.7. The van der Waals surface area contributed by atoms with Crippen molar-refractivity contribution in [2.75, 3.05) is 12.0 Å². The van der Waals surface area contributed by atoms with Gasteiger partial charge in [0.15, 0.2) is 11.6 Å². The monoisotopic (exact) mass is 583 g/mol. The molecule has 3 aromatic carbocycles. The van der Waals surface area contributed by atoms with Gasteiger partial charge in [-0.15, -0.1) is 0 Å². The van der Waals surface area contributed by atoms with E-state index in [1.807, 2.05) is 0 Å². The molecule has 1 fully saturated rings. The van der Waals surface area contributed by atoms with E-state index in [2.05, 4.69) is 4.74 Å². The Balaban J connectivity index is 1.74. The van der Waals surface area contributed by atoms with E-state index in [1.165, 1.54) is 31.1 Å². The molecule has 0 aliphatic heterocycles. The Morgan fingerprint density at radius 3 is 2.29 bits per heavy atom. The van der Waals surface area contributed by atoms with Crippen molar-refractivity contribution in [1.82, 2.24) is 9.55 Å². The predicted molar refractivity (Wildman–Crippen MR) is 151 cm³/mol. The highest BCUT2D eigenvalue weighted by atomic mass is 35.5. The zero-order chi connectivity index (χ0) is 29.3. The van der Waals surface area contributed by atoms with Crippen LogP contribution in [0, 0.1) is 17.5 Å². The van der Waals surface area contributed by atoms with E-state index >= 15 is 4.39 Å². The third kappa shape index (κ3) is 5.43. The smallest absolute Gasteiger partial charge is 0.305 e. The summed E-state index contributed by atoms with van der Waals surface area (Å²) in [7, 11) is 1.29. The lowest BCUT2D eigenvalue weighted by Gasteiger charge is -2.48. The molecular formula is C31H29ClF3N3O3. The van der Waals surface area contributed by atoms with Crippen LogP contribution < -0.4 is 4.90 Å². The zero-order valence-corrected chi connectivity index (χ0v) is 23.5. The molecule has 0 saturated heterocycles. The minimum Gasteiger partial charge on any atom is -0.469 e. The van der Waals surface area contributed by atoms with Gasteiger partial charge in [0.25, 0.3) is 0 Å². The van der Waals surface area contributed by atoms with E-state index in [0.717, 1.165) is 18.6 Å². The van der Waals surface area contributed by atoms with Gasteiger partial charge in [-0.25, -0.2) is 18.2 Å². The van der Waals surface area contributed by atoms with Crippen LogP contribution in [0.4, 0.5) is 18.9 Å². The number of carbonyl (C=O) groups excluding carboxylic acids is 2. The van der Waals surface area contributed by atoms with Crippen LogP contribution in [0.15, 0.2) is 54.6 Å². The first-order valence-corrected chi connectivity index (χ1v) is 13.8. The molecule has 10 heteroatoms. The fourth-order valence-electron chi connectivity index (χ4n) is 5.87. The summed E-state index contributed by atoms with van der Waals surface area (Å²) >= 11 is 6.14. The van der Waals surface area contributed by atoms with Crippen molar-refractivity contribution in [3.63, 3.8) is 0 Å². The van der Waals surface area contributed by atoms with E-state index in [0.29, 0.717) is 47.7 Å². The Morgan fingerprint density at radius 2 is 1.66 bits per heavy atom. The molecule has 5 rings (SSSR count). The number of methoxy groups -OCH3 is 1. The number of hydrogen-bond acceptors (Lipinski definition) is 4. The molecule has 0 atom stereocenters. The highest BCUT2D eigenvalue weighted by Gasteiger charge is 2.45. The van der Waals surface area contributed by atoms with Crippen molar-refractivity contribution in [1.29, 1.82) is 0 Å².